The molecule has 0 aromatic heterocycles. The molecule has 2 heterocycles. The first-order valence-corrected chi connectivity index (χ1v) is 5.77. The summed E-state index contributed by atoms with van der Waals surface area (Å²) in [6.45, 7) is 9.75. The van der Waals surface area contributed by atoms with Crippen LogP contribution in [0.25, 0.3) is 0 Å². The van der Waals surface area contributed by atoms with Crippen molar-refractivity contribution in [1.29, 1.82) is 0 Å². The van der Waals surface area contributed by atoms with E-state index in [1.807, 2.05) is 0 Å². The van der Waals surface area contributed by atoms with Crippen molar-refractivity contribution in [2.24, 2.45) is 5.41 Å². The van der Waals surface area contributed by atoms with Crippen LogP contribution in [-0.2, 0) is 0 Å². The molecule has 1 nitrogen and oxygen atoms in total. The van der Waals surface area contributed by atoms with Gasteiger partial charge < -0.3 is 0 Å². The van der Waals surface area contributed by atoms with Gasteiger partial charge in [0, 0.05) is 12.1 Å². The molecule has 0 radical (unpaired) electrons. The number of hydrogen-bond acceptors (Lipinski definition) is 1. The fraction of sp³-hybridized carbons (Fsp3) is 1.00. The molecule has 0 bridgehead atoms. The highest BCUT2D eigenvalue weighted by atomic mass is 15.2. The van der Waals surface area contributed by atoms with E-state index in [2.05, 4.69) is 25.7 Å². The zero-order valence-corrected chi connectivity index (χ0v) is 9.40. The molecule has 1 atom stereocenters. The fourth-order valence-electron chi connectivity index (χ4n) is 3.04. The molecule has 2 aliphatic rings. The molecule has 0 aliphatic carbocycles. The van der Waals surface area contributed by atoms with Crippen molar-refractivity contribution in [1.82, 2.24) is 4.90 Å². The Balaban J connectivity index is 2.01. The maximum Gasteiger partial charge on any atom is 0.121 e. The van der Waals surface area contributed by atoms with Gasteiger partial charge in [-0.25, -0.2) is 0 Å². The molecule has 0 saturated carbocycles. The van der Waals surface area contributed by atoms with Gasteiger partial charge in [-0.2, -0.15) is 0 Å². The molecule has 2 heteroatoms. The second kappa shape index (κ2) is 3.01. The minimum Gasteiger partial charge on any atom is -0.298 e. The molecule has 0 amide bonds. The molecule has 1 spiro atoms. The predicted octanol–water partition coefficient (Wildman–Crippen LogP) is 2.15. The van der Waals surface area contributed by atoms with Crippen LogP contribution in [0.5, 0.6) is 0 Å². The molecule has 2 fully saturated rings. The maximum atomic E-state index is 2.68. The summed E-state index contributed by atoms with van der Waals surface area (Å²) < 4.78 is 0. The van der Waals surface area contributed by atoms with Gasteiger partial charge in [0.25, 0.3) is 0 Å². The molecule has 0 N–H and O–H groups in total. The summed E-state index contributed by atoms with van der Waals surface area (Å²) in [5.74, 6) is 0. The van der Waals surface area contributed by atoms with E-state index in [9.17, 15) is 0 Å². The lowest BCUT2D eigenvalue weighted by molar-refractivity contribution is 0.153. The average molecular weight is 179 g/mol. The summed E-state index contributed by atoms with van der Waals surface area (Å²) in [5, 5.41) is 0. The third kappa shape index (κ3) is 1.78. The Kier molecular flexibility index (Phi) is 2.22. The van der Waals surface area contributed by atoms with Crippen molar-refractivity contribution in [3.05, 3.63) is 0 Å². The van der Waals surface area contributed by atoms with Crippen LogP contribution >= 0.6 is 0 Å². The molecule has 2 saturated heterocycles. The lowest BCUT2D eigenvalue weighted by Crippen LogP contribution is -2.40. The quantitative estimate of drug-likeness (QED) is 0.515. The molecule has 2 aliphatic heterocycles. The molecular formula is C11H22BN. The third-order valence-corrected chi connectivity index (χ3v) is 4.05. The van der Waals surface area contributed by atoms with Gasteiger partial charge in [-0.15, -0.1) is 0 Å². The first kappa shape index (κ1) is 9.58. The summed E-state index contributed by atoms with van der Waals surface area (Å²) in [5.41, 5.74) is 1.14. The number of rotatable bonds is 0. The van der Waals surface area contributed by atoms with Crippen LogP contribution in [-0.4, -0.2) is 30.8 Å². The Morgan fingerprint density at radius 1 is 1.23 bits per heavy atom. The van der Waals surface area contributed by atoms with E-state index in [1.54, 1.807) is 0 Å². The van der Waals surface area contributed by atoms with Crippen LogP contribution in [0.15, 0.2) is 0 Å². The Bertz CT molecular complexity index is 189. The summed E-state index contributed by atoms with van der Waals surface area (Å²) in [6, 6.07) is 0. The first-order chi connectivity index (χ1) is 6.02. The van der Waals surface area contributed by atoms with E-state index >= 15 is 0 Å². The summed E-state index contributed by atoms with van der Waals surface area (Å²) >= 11 is 0. The van der Waals surface area contributed by atoms with Gasteiger partial charge in [0.05, 0.1) is 0 Å². The SMILES string of the molecule is CC(C)(C)N1CCC2(CBCC2)C1. The van der Waals surface area contributed by atoms with Gasteiger partial charge in [0.1, 0.15) is 7.28 Å². The van der Waals surface area contributed by atoms with Crippen molar-refractivity contribution in [3.63, 3.8) is 0 Å². The van der Waals surface area contributed by atoms with E-state index in [4.69, 9.17) is 0 Å². The van der Waals surface area contributed by atoms with Crippen molar-refractivity contribution in [2.75, 3.05) is 13.1 Å². The molecule has 2 rings (SSSR count). The van der Waals surface area contributed by atoms with Crippen LogP contribution < -0.4 is 0 Å². The van der Waals surface area contributed by atoms with Crippen LogP contribution in [0.4, 0.5) is 0 Å². The lowest BCUT2D eigenvalue weighted by Gasteiger charge is -2.33. The van der Waals surface area contributed by atoms with E-state index in [1.165, 1.54) is 45.9 Å². The monoisotopic (exact) mass is 179 g/mol. The molecule has 0 aromatic rings. The number of nitrogens with zero attached hydrogens (tertiary/aromatic N) is 1. The summed E-state index contributed by atoms with van der Waals surface area (Å²) in [7, 11) is 1.48. The molecule has 74 valence electrons. The predicted molar refractivity (Wildman–Crippen MR) is 59.8 cm³/mol. The topological polar surface area (TPSA) is 3.24 Å². The second-order valence-electron chi connectivity index (χ2n) is 6.05. The van der Waals surface area contributed by atoms with E-state index in [0.29, 0.717) is 5.54 Å². The van der Waals surface area contributed by atoms with E-state index in [-0.39, 0.29) is 0 Å². The molecule has 13 heavy (non-hydrogen) atoms. The van der Waals surface area contributed by atoms with Gasteiger partial charge in [0.2, 0.25) is 0 Å². The summed E-state index contributed by atoms with van der Waals surface area (Å²) in [6.07, 6.45) is 5.95. The van der Waals surface area contributed by atoms with Gasteiger partial charge >= 0.3 is 0 Å². The Labute approximate surface area is 83.1 Å². The molecular weight excluding hydrogens is 157 g/mol. The van der Waals surface area contributed by atoms with E-state index in [0.717, 1.165) is 5.41 Å². The average Bonchev–Trinajstić information content (AvgIpc) is 2.60. The van der Waals surface area contributed by atoms with Gasteiger partial charge in [-0.05, 0) is 39.2 Å². The zero-order valence-electron chi connectivity index (χ0n) is 9.40. The van der Waals surface area contributed by atoms with Crippen molar-refractivity contribution in [2.45, 2.75) is 51.8 Å². The van der Waals surface area contributed by atoms with Crippen molar-refractivity contribution in [3.8, 4) is 0 Å². The maximum absolute atomic E-state index is 2.68. The van der Waals surface area contributed by atoms with Crippen LogP contribution in [0.3, 0.4) is 0 Å². The fourth-order valence-corrected chi connectivity index (χ4v) is 3.04. The van der Waals surface area contributed by atoms with Crippen LogP contribution in [0, 0.1) is 5.41 Å². The Morgan fingerprint density at radius 2 is 2.00 bits per heavy atom. The number of hydrogen-bond donors (Lipinski definition) is 0. The van der Waals surface area contributed by atoms with Crippen molar-refractivity contribution >= 4 is 7.28 Å². The molecule has 0 aromatic carbocycles. The summed E-state index contributed by atoms with van der Waals surface area (Å²) in [4.78, 5) is 2.68. The lowest BCUT2D eigenvalue weighted by atomic mass is 9.72. The van der Waals surface area contributed by atoms with Gasteiger partial charge in [-0.3, -0.25) is 4.90 Å². The smallest absolute Gasteiger partial charge is 0.121 e. The van der Waals surface area contributed by atoms with Gasteiger partial charge in [0.15, 0.2) is 0 Å². The van der Waals surface area contributed by atoms with Crippen LogP contribution in [0.2, 0.25) is 12.6 Å². The van der Waals surface area contributed by atoms with Crippen molar-refractivity contribution < 1.29 is 0 Å². The highest BCUT2D eigenvalue weighted by molar-refractivity contribution is 6.36. The normalized spacial score (nSPS) is 35.6. The molecule has 1 unspecified atom stereocenters. The second-order valence-corrected chi connectivity index (χ2v) is 6.05. The number of likely N-dealkylation sites (tertiary alicyclic amines) is 1. The zero-order chi connectivity index (χ0) is 9.53. The van der Waals surface area contributed by atoms with Gasteiger partial charge in [-0.1, -0.05) is 19.1 Å². The Hall–Kier alpha value is 0.0249. The first-order valence-electron chi connectivity index (χ1n) is 5.77. The third-order valence-electron chi connectivity index (χ3n) is 4.05. The minimum atomic E-state index is 0.395. The van der Waals surface area contributed by atoms with E-state index < -0.39 is 0 Å². The standard InChI is InChI=1S/C11H22BN/c1-10(2,3)13-7-5-11(9-13)4-6-12-8-11/h12H,4-9H2,1-3H3. The highest BCUT2D eigenvalue weighted by Crippen LogP contribution is 2.45. The Morgan fingerprint density at radius 3 is 2.46 bits per heavy atom. The highest BCUT2D eigenvalue weighted by Gasteiger charge is 2.42. The van der Waals surface area contributed by atoms with Crippen LogP contribution in [0.1, 0.15) is 33.6 Å². The minimum absolute atomic E-state index is 0.395. The largest absolute Gasteiger partial charge is 0.298 e.